The van der Waals surface area contributed by atoms with Gasteiger partial charge in [-0.2, -0.15) is 0 Å². The number of nitrogens with one attached hydrogen (secondary N) is 1. The topological polar surface area (TPSA) is 76.4 Å². The highest BCUT2D eigenvalue weighted by Crippen LogP contribution is 2.19. The Morgan fingerprint density at radius 1 is 1.03 bits per heavy atom. The lowest BCUT2D eigenvalue weighted by Gasteiger charge is -2.16. The summed E-state index contributed by atoms with van der Waals surface area (Å²) in [6.07, 6.45) is -0.746. The molecule has 4 rings (SSSR count). The van der Waals surface area contributed by atoms with E-state index in [0.717, 1.165) is 15.5 Å². The second-order valence-electron chi connectivity index (χ2n) is 7.09. The largest absolute Gasteiger partial charge is 0.491 e. The summed E-state index contributed by atoms with van der Waals surface area (Å²) in [7, 11) is 0. The van der Waals surface area contributed by atoms with E-state index in [4.69, 9.17) is 4.74 Å². The van der Waals surface area contributed by atoms with Gasteiger partial charge < -0.3 is 19.7 Å². The van der Waals surface area contributed by atoms with E-state index in [9.17, 15) is 9.90 Å². The van der Waals surface area contributed by atoms with Crippen LogP contribution in [0, 0.1) is 0 Å². The predicted octanol–water partition coefficient (Wildman–Crippen LogP) is 4.17. The van der Waals surface area contributed by atoms with Gasteiger partial charge in [-0.3, -0.25) is 4.79 Å². The molecule has 0 fully saturated rings. The summed E-state index contributed by atoms with van der Waals surface area (Å²) >= 11 is 3.39. The second kappa shape index (κ2) is 9.76. The monoisotopic (exact) mass is 479 g/mol. The Balaban J connectivity index is 1.46. The van der Waals surface area contributed by atoms with Crippen LogP contribution in [0.25, 0.3) is 11.0 Å². The van der Waals surface area contributed by atoms with Crippen molar-refractivity contribution in [3.8, 4) is 5.75 Å². The van der Waals surface area contributed by atoms with Crippen LogP contribution in [0.1, 0.15) is 16.2 Å². The third kappa shape index (κ3) is 5.31. The van der Waals surface area contributed by atoms with Crippen molar-refractivity contribution in [2.45, 2.75) is 19.2 Å². The molecule has 1 heterocycles. The van der Waals surface area contributed by atoms with Crippen LogP contribution in [-0.2, 0) is 13.1 Å². The maximum absolute atomic E-state index is 12.4. The Kier molecular flexibility index (Phi) is 6.64. The molecular weight excluding hydrogens is 458 g/mol. The van der Waals surface area contributed by atoms with Crippen LogP contribution in [0.2, 0.25) is 0 Å². The van der Waals surface area contributed by atoms with E-state index in [1.807, 2.05) is 71.3 Å². The summed E-state index contributed by atoms with van der Waals surface area (Å²) in [6, 6.07) is 24.2. The van der Waals surface area contributed by atoms with Gasteiger partial charge in [-0.15, -0.1) is 0 Å². The maximum atomic E-state index is 12.4. The predicted molar refractivity (Wildman–Crippen MR) is 123 cm³/mol. The summed E-state index contributed by atoms with van der Waals surface area (Å²) in [6.45, 7) is 0.695. The molecular formula is C24H22BrN3O3. The van der Waals surface area contributed by atoms with Crippen LogP contribution in [-0.4, -0.2) is 33.3 Å². The van der Waals surface area contributed by atoms with Gasteiger partial charge in [0, 0.05) is 10.0 Å². The third-order valence-electron chi connectivity index (χ3n) is 4.83. The second-order valence-corrected chi connectivity index (χ2v) is 8.01. The standard InChI is InChI=1S/C24H22BrN3O3/c25-18-10-12-20(13-11-18)31-16-19(29)15-28-22-9-5-4-8-21(22)27-23(28)14-26-24(30)17-6-2-1-3-7-17/h1-13,19,29H,14-16H2,(H,26,30)/t19-/m0/s1. The Hall–Kier alpha value is -3.16. The third-order valence-corrected chi connectivity index (χ3v) is 5.35. The Morgan fingerprint density at radius 3 is 2.52 bits per heavy atom. The first-order valence-corrected chi connectivity index (χ1v) is 10.7. The molecule has 0 spiro atoms. The fourth-order valence-corrected chi connectivity index (χ4v) is 3.57. The highest BCUT2D eigenvalue weighted by atomic mass is 79.9. The van der Waals surface area contributed by atoms with Crippen molar-refractivity contribution in [3.63, 3.8) is 0 Å². The van der Waals surface area contributed by atoms with Gasteiger partial charge in [-0.1, -0.05) is 46.3 Å². The van der Waals surface area contributed by atoms with E-state index in [-0.39, 0.29) is 19.1 Å². The van der Waals surface area contributed by atoms with Gasteiger partial charge in [-0.25, -0.2) is 4.98 Å². The molecule has 0 saturated heterocycles. The van der Waals surface area contributed by atoms with Gasteiger partial charge in [-0.05, 0) is 48.5 Å². The van der Waals surface area contributed by atoms with Crippen molar-refractivity contribution in [2.75, 3.05) is 6.61 Å². The minimum atomic E-state index is -0.746. The lowest BCUT2D eigenvalue weighted by Crippen LogP contribution is -2.28. The number of aliphatic hydroxyl groups excluding tert-OH is 1. The first kappa shape index (κ1) is 21.1. The van der Waals surface area contributed by atoms with Crippen molar-refractivity contribution >= 4 is 32.9 Å². The fraction of sp³-hybridized carbons (Fsp3) is 0.167. The number of halogens is 1. The van der Waals surface area contributed by atoms with E-state index < -0.39 is 6.10 Å². The van der Waals surface area contributed by atoms with Gasteiger partial charge in [0.1, 0.15) is 24.3 Å². The molecule has 0 radical (unpaired) electrons. The number of benzene rings is 3. The SMILES string of the molecule is O=C(NCc1nc2ccccc2n1C[C@H](O)COc1ccc(Br)cc1)c1ccccc1. The molecule has 0 aliphatic heterocycles. The number of fused-ring (bicyclic) bond motifs is 1. The number of nitrogens with zero attached hydrogens (tertiary/aromatic N) is 2. The summed E-state index contributed by atoms with van der Waals surface area (Å²) in [4.78, 5) is 17.1. The number of rotatable bonds is 8. The number of para-hydroxylation sites is 2. The molecule has 0 aliphatic rings. The number of hydrogen-bond acceptors (Lipinski definition) is 4. The molecule has 1 aromatic heterocycles. The molecule has 0 unspecified atom stereocenters. The average molecular weight is 480 g/mol. The molecule has 2 N–H and O–H groups in total. The maximum Gasteiger partial charge on any atom is 0.251 e. The van der Waals surface area contributed by atoms with Gasteiger partial charge in [0.15, 0.2) is 0 Å². The van der Waals surface area contributed by atoms with Crippen LogP contribution < -0.4 is 10.1 Å². The molecule has 6 nitrogen and oxygen atoms in total. The first-order valence-electron chi connectivity index (χ1n) is 9.94. The Labute approximate surface area is 188 Å². The van der Waals surface area contributed by atoms with Crippen LogP contribution in [0.4, 0.5) is 0 Å². The minimum Gasteiger partial charge on any atom is -0.491 e. The zero-order valence-electron chi connectivity index (χ0n) is 16.7. The highest BCUT2D eigenvalue weighted by molar-refractivity contribution is 9.10. The number of hydrogen-bond donors (Lipinski definition) is 2. The molecule has 0 bridgehead atoms. The smallest absolute Gasteiger partial charge is 0.251 e. The average Bonchev–Trinajstić information content (AvgIpc) is 3.15. The number of imidazole rings is 1. The molecule has 0 saturated carbocycles. The van der Waals surface area contributed by atoms with E-state index in [0.29, 0.717) is 23.7 Å². The Morgan fingerprint density at radius 2 is 1.74 bits per heavy atom. The van der Waals surface area contributed by atoms with E-state index in [2.05, 4.69) is 26.2 Å². The molecule has 158 valence electrons. The lowest BCUT2D eigenvalue weighted by atomic mass is 10.2. The summed E-state index contributed by atoms with van der Waals surface area (Å²) < 4.78 is 8.60. The number of carbonyl (C=O) groups is 1. The summed E-state index contributed by atoms with van der Waals surface area (Å²) in [5.74, 6) is 1.19. The number of carbonyl (C=O) groups excluding carboxylic acids is 1. The van der Waals surface area contributed by atoms with Gasteiger partial charge >= 0.3 is 0 Å². The molecule has 1 amide bonds. The normalized spacial score (nSPS) is 11.9. The van der Waals surface area contributed by atoms with Crippen LogP contribution in [0.5, 0.6) is 5.75 Å². The zero-order chi connectivity index (χ0) is 21.6. The molecule has 31 heavy (non-hydrogen) atoms. The molecule has 1 atom stereocenters. The van der Waals surface area contributed by atoms with Crippen LogP contribution >= 0.6 is 15.9 Å². The number of aromatic nitrogens is 2. The number of aliphatic hydroxyl groups is 1. The molecule has 3 aromatic carbocycles. The zero-order valence-corrected chi connectivity index (χ0v) is 18.3. The van der Waals surface area contributed by atoms with E-state index in [1.165, 1.54) is 0 Å². The van der Waals surface area contributed by atoms with Crippen molar-refractivity contribution in [3.05, 3.63) is 94.7 Å². The molecule has 7 heteroatoms. The lowest BCUT2D eigenvalue weighted by molar-refractivity contribution is 0.0917. The molecule has 4 aromatic rings. The Bertz CT molecular complexity index is 1160. The van der Waals surface area contributed by atoms with E-state index >= 15 is 0 Å². The van der Waals surface area contributed by atoms with Crippen LogP contribution in [0.3, 0.4) is 0 Å². The quantitative estimate of drug-likeness (QED) is 0.397. The first-order chi connectivity index (χ1) is 15.1. The fourth-order valence-electron chi connectivity index (χ4n) is 3.30. The van der Waals surface area contributed by atoms with Gasteiger partial charge in [0.2, 0.25) is 0 Å². The van der Waals surface area contributed by atoms with Crippen molar-refractivity contribution in [2.24, 2.45) is 0 Å². The molecule has 0 aliphatic carbocycles. The summed E-state index contributed by atoms with van der Waals surface area (Å²) in [5.41, 5.74) is 2.30. The van der Waals surface area contributed by atoms with Crippen molar-refractivity contribution in [1.29, 1.82) is 0 Å². The summed E-state index contributed by atoms with van der Waals surface area (Å²) in [5, 5.41) is 13.5. The van der Waals surface area contributed by atoms with Gasteiger partial charge in [0.25, 0.3) is 5.91 Å². The van der Waals surface area contributed by atoms with E-state index in [1.54, 1.807) is 12.1 Å². The highest BCUT2D eigenvalue weighted by Gasteiger charge is 2.16. The number of ether oxygens (including phenoxy) is 1. The van der Waals surface area contributed by atoms with Crippen molar-refractivity contribution in [1.82, 2.24) is 14.9 Å². The number of amides is 1. The van der Waals surface area contributed by atoms with Gasteiger partial charge in [0.05, 0.1) is 24.1 Å². The van der Waals surface area contributed by atoms with Crippen molar-refractivity contribution < 1.29 is 14.6 Å². The van der Waals surface area contributed by atoms with Crippen LogP contribution in [0.15, 0.2) is 83.3 Å². The minimum absolute atomic E-state index is 0.143.